The summed E-state index contributed by atoms with van der Waals surface area (Å²) >= 11 is 13.2. The molecule has 0 aromatic heterocycles. The third-order valence-electron chi connectivity index (χ3n) is 12.2. The highest BCUT2D eigenvalue weighted by Crippen LogP contribution is 2.32. The molecule has 0 bridgehead atoms. The Bertz CT molecular complexity index is 1830. The standard InChI is InChI=1S/C30H55ClO8Si.C26H45ClO5Si.C5H12O3/c1-22(2)27-12-11-26(19-28(27)31)20-29(23(3)4)39-40(37-24(5)6,38-25(7)8)18-10-13-35-21-30(32)36-17-16-34-15-14-33-9;1-18(2)24-11-10-22(14-25(24)27)15-26(19(3)4)32-33(30-20(5)6,31-21(7)8)13-9-12-28-16-23-17-29-23;1-7-4-5-8-3-2-6/h11-12,19,22-25,29-30,32H,10,13-18,20-21H2,1-9H3;10-11,14,18-21,23,26H,9,12-13,15-17H2,1-8H3;6H,2-5H2,1H3. The van der Waals surface area contributed by atoms with E-state index >= 15 is 0 Å². The van der Waals surface area contributed by atoms with E-state index < -0.39 is 23.9 Å². The normalized spacial score (nSPS) is 15.1. The Hall–Kier alpha value is -1.19. The van der Waals surface area contributed by atoms with Crippen LogP contribution in [0, 0.1) is 11.8 Å². The fourth-order valence-electron chi connectivity index (χ4n) is 8.23. The first kappa shape index (κ1) is 77.8. The van der Waals surface area contributed by atoms with Gasteiger partial charge in [-0.15, -0.1) is 0 Å². The highest BCUT2D eigenvalue weighted by molar-refractivity contribution is 6.61. The van der Waals surface area contributed by atoms with E-state index in [1.54, 1.807) is 14.2 Å². The molecule has 1 heterocycles. The molecule has 1 aliphatic heterocycles. The van der Waals surface area contributed by atoms with Gasteiger partial charge in [0.25, 0.3) is 0 Å². The topological polar surface area (TPSA) is 173 Å². The Kier molecular flexibility index (Phi) is 42.5. The number of benzene rings is 2. The zero-order valence-corrected chi connectivity index (χ0v) is 56.7. The number of epoxide rings is 1. The van der Waals surface area contributed by atoms with Gasteiger partial charge in [0.05, 0.1) is 84.9 Å². The lowest BCUT2D eigenvalue weighted by molar-refractivity contribution is -0.146. The van der Waals surface area contributed by atoms with Crippen molar-refractivity contribution >= 4 is 40.8 Å². The summed E-state index contributed by atoms with van der Waals surface area (Å²) in [5, 5.41) is 19.8. The van der Waals surface area contributed by atoms with Crippen molar-refractivity contribution < 1.29 is 74.7 Å². The second-order valence-corrected chi connectivity index (χ2v) is 28.8. The summed E-state index contributed by atoms with van der Waals surface area (Å²) in [6, 6.07) is 14.0. The van der Waals surface area contributed by atoms with Crippen molar-refractivity contribution in [2.75, 3.05) is 100 Å². The molecule has 1 saturated heterocycles. The van der Waals surface area contributed by atoms with Crippen LogP contribution < -0.4 is 0 Å². The summed E-state index contributed by atoms with van der Waals surface area (Å²) in [6.07, 6.45) is 2.03. The molecule has 81 heavy (non-hydrogen) atoms. The lowest BCUT2D eigenvalue weighted by Gasteiger charge is -2.37. The van der Waals surface area contributed by atoms with E-state index in [1.165, 1.54) is 11.1 Å². The van der Waals surface area contributed by atoms with Crippen molar-refractivity contribution in [1.29, 1.82) is 0 Å². The van der Waals surface area contributed by atoms with Gasteiger partial charge in [-0.25, -0.2) is 0 Å². The second kappa shape index (κ2) is 44.3. The Labute approximate surface area is 503 Å². The minimum Gasteiger partial charge on any atom is -0.394 e. The molecule has 0 saturated carbocycles. The molecule has 0 aliphatic carbocycles. The molecule has 0 radical (unpaired) electrons. The van der Waals surface area contributed by atoms with Crippen LogP contribution in [-0.2, 0) is 77.3 Å². The first-order valence-corrected chi connectivity index (χ1v) is 34.4. The Morgan fingerprint density at radius 1 is 0.519 bits per heavy atom. The average molecular weight is 1230 g/mol. The molecule has 4 atom stereocenters. The molecule has 474 valence electrons. The van der Waals surface area contributed by atoms with Crippen LogP contribution in [0.2, 0.25) is 22.1 Å². The number of rotatable bonds is 44. The molecular formula is C61H112Cl2O16Si2. The Balaban J connectivity index is 0.000000721. The van der Waals surface area contributed by atoms with Crippen LogP contribution in [-0.4, -0.2) is 177 Å². The van der Waals surface area contributed by atoms with Gasteiger partial charge in [-0.1, -0.05) is 103 Å². The number of aliphatic hydroxyl groups excluding tert-OH is 2. The summed E-state index contributed by atoms with van der Waals surface area (Å²) in [7, 11) is -2.81. The van der Waals surface area contributed by atoms with E-state index in [9.17, 15) is 5.11 Å². The van der Waals surface area contributed by atoms with Gasteiger partial charge in [-0.3, -0.25) is 0 Å². The number of halogens is 2. The van der Waals surface area contributed by atoms with Crippen molar-refractivity contribution in [2.45, 2.75) is 209 Å². The lowest BCUT2D eigenvalue weighted by atomic mass is 9.96. The molecule has 3 rings (SSSR count). The van der Waals surface area contributed by atoms with Crippen molar-refractivity contribution in [3.8, 4) is 0 Å². The monoisotopic (exact) mass is 1230 g/mol. The van der Waals surface area contributed by atoms with Crippen molar-refractivity contribution in [2.24, 2.45) is 11.8 Å². The SMILES string of the molecule is CC(C)O[Si](CCCOCC1CO1)(OC(C)C)OC(Cc1ccc(C(C)C)c(Cl)c1)C(C)C.COCCOCCO.COCCOCCOC(O)COCCC[Si](OC(C)C)(OC(C)C)OC(Cc1ccc(C(C)C)c(Cl)c1)C(C)C. The van der Waals surface area contributed by atoms with Gasteiger partial charge in [-0.2, -0.15) is 0 Å². The predicted molar refractivity (Wildman–Crippen MR) is 329 cm³/mol. The van der Waals surface area contributed by atoms with E-state index in [-0.39, 0.29) is 68.5 Å². The molecule has 1 fully saturated rings. The van der Waals surface area contributed by atoms with E-state index in [1.807, 2.05) is 55.4 Å². The quantitative estimate of drug-likeness (QED) is 0.0277. The Morgan fingerprint density at radius 2 is 0.914 bits per heavy atom. The van der Waals surface area contributed by atoms with Crippen molar-refractivity contribution in [3.05, 3.63) is 68.7 Å². The third kappa shape index (κ3) is 36.5. The number of hydrogen-bond acceptors (Lipinski definition) is 16. The van der Waals surface area contributed by atoms with E-state index in [0.29, 0.717) is 96.1 Å². The smallest absolute Gasteiger partial charge is 0.394 e. The summed E-state index contributed by atoms with van der Waals surface area (Å²) in [6.45, 7) is 39.5. The van der Waals surface area contributed by atoms with Gasteiger partial charge in [0.1, 0.15) is 6.10 Å². The molecule has 16 nitrogen and oxygen atoms in total. The second-order valence-electron chi connectivity index (χ2n) is 22.8. The van der Waals surface area contributed by atoms with Crippen LogP contribution in [0.4, 0.5) is 0 Å². The summed E-state index contributed by atoms with van der Waals surface area (Å²) < 4.78 is 81.4. The van der Waals surface area contributed by atoms with Gasteiger partial charge >= 0.3 is 17.6 Å². The van der Waals surface area contributed by atoms with Crippen LogP contribution in [0.15, 0.2) is 36.4 Å². The van der Waals surface area contributed by atoms with Crippen LogP contribution in [0.5, 0.6) is 0 Å². The van der Waals surface area contributed by atoms with Gasteiger partial charge in [0.15, 0.2) is 6.29 Å². The van der Waals surface area contributed by atoms with E-state index in [2.05, 4.69) is 96.5 Å². The zero-order chi connectivity index (χ0) is 61.0. The summed E-state index contributed by atoms with van der Waals surface area (Å²) in [5.41, 5.74) is 4.63. The number of ether oxygens (including phenoxy) is 8. The first-order valence-electron chi connectivity index (χ1n) is 29.8. The largest absolute Gasteiger partial charge is 0.501 e. The summed E-state index contributed by atoms with van der Waals surface area (Å²) in [5.74, 6) is 1.31. The third-order valence-corrected chi connectivity index (χ3v) is 19.4. The minimum absolute atomic E-state index is 0.0174. The molecule has 4 unspecified atom stereocenters. The van der Waals surface area contributed by atoms with E-state index in [4.69, 9.17) is 88.0 Å². The lowest BCUT2D eigenvalue weighted by Crippen LogP contribution is -2.52. The molecule has 1 aliphatic rings. The fraction of sp³-hybridized carbons (Fsp3) is 0.803. The molecular weight excluding hydrogens is 1120 g/mol. The Morgan fingerprint density at radius 3 is 1.26 bits per heavy atom. The van der Waals surface area contributed by atoms with Crippen molar-refractivity contribution in [3.63, 3.8) is 0 Å². The average Bonchev–Trinajstić information content (AvgIpc) is 4.20. The van der Waals surface area contributed by atoms with Crippen LogP contribution in [0.3, 0.4) is 0 Å². The molecule has 2 aromatic rings. The number of aliphatic hydroxyl groups is 2. The maximum absolute atomic E-state index is 10.0. The van der Waals surface area contributed by atoms with Crippen LogP contribution in [0.25, 0.3) is 0 Å². The highest BCUT2D eigenvalue weighted by atomic mass is 35.5. The maximum atomic E-state index is 10.0. The van der Waals surface area contributed by atoms with Gasteiger partial charge in [0.2, 0.25) is 0 Å². The molecule has 2 aromatic carbocycles. The number of hydrogen-bond donors (Lipinski definition) is 2. The predicted octanol–water partition coefficient (Wildman–Crippen LogP) is 12.5. The van der Waals surface area contributed by atoms with Crippen molar-refractivity contribution in [1.82, 2.24) is 0 Å². The van der Waals surface area contributed by atoms with Crippen LogP contribution >= 0.6 is 23.2 Å². The number of methoxy groups -OCH3 is 2. The highest BCUT2D eigenvalue weighted by Gasteiger charge is 2.47. The summed E-state index contributed by atoms with van der Waals surface area (Å²) in [4.78, 5) is 0. The molecule has 20 heteroatoms. The first-order chi connectivity index (χ1) is 38.3. The van der Waals surface area contributed by atoms with Crippen LogP contribution in [0.1, 0.15) is 158 Å². The maximum Gasteiger partial charge on any atom is 0.501 e. The fourth-order valence-corrected chi connectivity index (χ4v) is 15.8. The molecule has 0 spiro atoms. The van der Waals surface area contributed by atoms with Gasteiger partial charge < -0.3 is 74.7 Å². The minimum atomic E-state index is -3.09. The van der Waals surface area contributed by atoms with Gasteiger partial charge in [0, 0.05) is 74.0 Å². The molecule has 2 N–H and O–H groups in total. The molecule has 0 amide bonds. The zero-order valence-electron chi connectivity index (χ0n) is 53.2. The van der Waals surface area contributed by atoms with E-state index in [0.717, 1.165) is 46.7 Å². The van der Waals surface area contributed by atoms with Gasteiger partial charge in [-0.05, 0) is 139 Å².